The molecule has 1 aromatic carbocycles. The lowest BCUT2D eigenvalue weighted by Gasteiger charge is -2.08. The molecule has 0 aliphatic heterocycles. The third kappa shape index (κ3) is 2.30. The molecule has 0 unspecified atom stereocenters. The Labute approximate surface area is 101 Å². The topological polar surface area (TPSA) is 50.9 Å². The van der Waals surface area contributed by atoms with Crippen molar-refractivity contribution in [2.24, 2.45) is 0 Å². The number of halogens is 2. The Hall–Kier alpha value is -1.62. The molecule has 0 aliphatic rings. The molecule has 0 radical (unpaired) electrons. The van der Waals surface area contributed by atoms with E-state index in [4.69, 9.17) is 5.73 Å². The highest BCUT2D eigenvalue weighted by atomic mass is 79.9. The van der Waals surface area contributed by atoms with E-state index in [9.17, 15) is 4.39 Å². The Morgan fingerprint density at radius 3 is 2.81 bits per heavy atom. The van der Waals surface area contributed by atoms with Gasteiger partial charge in [-0.2, -0.15) is 0 Å². The molecule has 0 saturated heterocycles. The van der Waals surface area contributed by atoms with Crippen molar-refractivity contribution in [1.29, 1.82) is 0 Å². The Balaban J connectivity index is 2.28. The summed E-state index contributed by atoms with van der Waals surface area (Å²) in [4.78, 5) is 3.88. The molecule has 0 amide bonds. The summed E-state index contributed by atoms with van der Waals surface area (Å²) in [6.45, 7) is 0. The molecule has 5 heteroatoms. The van der Waals surface area contributed by atoms with Gasteiger partial charge < -0.3 is 11.1 Å². The summed E-state index contributed by atoms with van der Waals surface area (Å²) in [5, 5.41) is 3.08. The smallest absolute Gasteiger partial charge is 0.137 e. The highest BCUT2D eigenvalue weighted by molar-refractivity contribution is 9.10. The van der Waals surface area contributed by atoms with Gasteiger partial charge in [-0.15, -0.1) is 0 Å². The predicted octanol–water partition coefficient (Wildman–Crippen LogP) is 3.31. The lowest BCUT2D eigenvalue weighted by atomic mass is 10.3. The Morgan fingerprint density at radius 1 is 1.31 bits per heavy atom. The van der Waals surface area contributed by atoms with Crippen molar-refractivity contribution in [3.8, 4) is 0 Å². The molecule has 2 rings (SSSR count). The third-order valence-corrected chi connectivity index (χ3v) is 2.66. The van der Waals surface area contributed by atoms with Gasteiger partial charge in [0.2, 0.25) is 0 Å². The highest BCUT2D eigenvalue weighted by Crippen LogP contribution is 2.25. The molecule has 16 heavy (non-hydrogen) atoms. The van der Waals surface area contributed by atoms with Gasteiger partial charge in [-0.1, -0.05) is 0 Å². The van der Waals surface area contributed by atoms with E-state index in [2.05, 4.69) is 26.2 Å². The number of nitrogens with zero attached hydrogens (tertiary/aromatic N) is 1. The second kappa shape index (κ2) is 4.49. The first kappa shape index (κ1) is 10.9. The number of rotatable bonds is 2. The maximum absolute atomic E-state index is 13.0. The van der Waals surface area contributed by atoms with Crippen LogP contribution in [0.2, 0.25) is 0 Å². The van der Waals surface area contributed by atoms with Crippen molar-refractivity contribution in [3.63, 3.8) is 0 Å². The van der Waals surface area contributed by atoms with Crippen LogP contribution in [0.3, 0.4) is 0 Å². The number of nitrogens with one attached hydrogen (secondary N) is 1. The minimum atomic E-state index is -0.298. The van der Waals surface area contributed by atoms with Crippen LogP contribution in [0, 0.1) is 5.82 Å². The van der Waals surface area contributed by atoms with Crippen LogP contribution in [-0.4, -0.2) is 4.98 Å². The van der Waals surface area contributed by atoms with Gasteiger partial charge in [0.15, 0.2) is 0 Å². The molecule has 2 aromatic rings. The summed E-state index contributed by atoms with van der Waals surface area (Å²) >= 11 is 3.12. The Kier molecular flexibility index (Phi) is 3.05. The average Bonchev–Trinajstić information content (AvgIpc) is 2.27. The molecule has 1 aromatic heterocycles. The average molecular weight is 282 g/mol. The molecule has 0 aliphatic carbocycles. The molecule has 3 nitrogen and oxygen atoms in total. The van der Waals surface area contributed by atoms with Gasteiger partial charge >= 0.3 is 0 Å². The van der Waals surface area contributed by atoms with Crippen LogP contribution in [0.4, 0.5) is 21.5 Å². The van der Waals surface area contributed by atoms with Crippen molar-refractivity contribution in [1.82, 2.24) is 4.98 Å². The lowest BCUT2D eigenvalue weighted by molar-refractivity contribution is 0.621. The van der Waals surface area contributed by atoms with Gasteiger partial charge in [-0.25, -0.2) is 4.39 Å². The van der Waals surface area contributed by atoms with Crippen LogP contribution in [0.1, 0.15) is 0 Å². The third-order valence-electron chi connectivity index (χ3n) is 2.05. The van der Waals surface area contributed by atoms with E-state index in [1.165, 1.54) is 6.07 Å². The second-order valence-electron chi connectivity index (χ2n) is 3.22. The summed E-state index contributed by atoms with van der Waals surface area (Å²) in [6.07, 6.45) is 3.19. The normalized spacial score (nSPS) is 10.1. The molecule has 0 spiro atoms. The fourth-order valence-electron chi connectivity index (χ4n) is 1.25. The van der Waals surface area contributed by atoms with E-state index in [1.54, 1.807) is 30.6 Å². The molecular weight excluding hydrogens is 273 g/mol. The fourth-order valence-corrected chi connectivity index (χ4v) is 1.63. The van der Waals surface area contributed by atoms with E-state index < -0.39 is 0 Å². The van der Waals surface area contributed by atoms with Gasteiger partial charge in [0, 0.05) is 11.9 Å². The SMILES string of the molecule is Nc1cnccc1Nc1ccc(F)c(Br)c1. The molecule has 0 atom stereocenters. The summed E-state index contributed by atoms with van der Waals surface area (Å²) in [6, 6.07) is 6.42. The number of aromatic nitrogens is 1. The molecule has 0 saturated carbocycles. The number of hydrogen-bond acceptors (Lipinski definition) is 3. The van der Waals surface area contributed by atoms with Crippen molar-refractivity contribution < 1.29 is 4.39 Å². The maximum atomic E-state index is 13.0. The van der Waals surface area contributed by atoms with Gasteiger partial charge in [-0.05, 0) is 40.2 Å². The first-order valence-corrected chi connectivity index (χ1v) is 5.37. The zero-order valence-electron chi connectivity index (χ0n) is 8.24. The van der Waals surface area contributed by atoms with Gasteiger partial charge in [0.25, 0.3) is 0 Å². The van der Waals surface area contributed by atoms with E-state index >= 15 is 0 Å². The van der Waals surface area contributed by atoms with E-state index in [0.717, 1.165) is 11.4 Å². The summed E-state index contributed by atoms with van der Waals surface area (Å²) in [7, 11) is 0. The fraction of sp³-hybridized carbons (Fsp3) is 0. The number of hydrogen-bond donors (Lipinski definition) is 2. The van der Waals surface area contributed by atoms with Gasteiger partial charge in [0.05, 0.1) is 22.0 Å². The number of nitrogens with two attached hydrogens (primary N) is 1. The zero-order valence-corrected chi connectivity index (χ0v) is 9.83. The highest BCUT2D eigenvalue weighted by Gasteiger charge is 2.02. The Bertz CT molecular complexity index is 516. The van der Waals surface area contributed by atoms with E-state index in [-0.39, 0.29) is 5.82 Å². The van der Waals surface area contributed by atoms with Crippen LogP contribution in [0.25, 0.3) is 0 Å². The first-order valence-electron chi connectivity index (χ1n) is 4.58. The summed E-state index contributed by atoms with van der Waals surface area (Å²) < 4.78 is 13.4. The van der Waals surface area contributed by atoms with Crippen molar-refractivity contribution >= 4 is 33.0 Å². The standard InChI is InChI=1S/C11H9BrFN3/c12-8-5-7(1-2-9(8)13)16-11-3-4-15-6-10(11)14/h1-6H,14H2,(H,15,16). The minimum Gasteiger partial charge on any atom is -0.396 e. The molecule has 82 valence electrons. The predicted molar refractivity (Wildman–Crippen MR) is 66.0 cm³/mol. The largest absolute Gasteiger partial charge is 0.396 e. The van der Waals surface area contributed by atoms with Crippen molar-refractivity contribution in [2.75, 3.05) is 11.1 Å². The number of anilines is 3. The molecule has 0 bridgehead atoms. The molecular formula is C11H9BrFN3. The quantitative estimate of drug-likeness (QED) is 0.888. The molecule has 3 N–H and O–H groups in total. The van der Waals surface area contributed by atoms with Crippen LogP contribution < -0.4 is 11.1 Å². The number of nitrogen functional groups attached to an aromatic ring is 1. The van der Waals surface area contributed by atoms with Gasteiger partial charge in [-0.3, -0.25) is 4.98 Å². The number of benzene rings is 1. The van der Waals surface area contributed by atoms with Crippen molar-refractivity contribution in [2.45, 2.75) is 0 Å². The lowest BCUT2D eigenvalue weighted by Crippen LogP contribution is -1.96. The Morgan fingerprint density at radius 2 is 2.12 bits per heavy atom. The molecule has 1 heterocycles. The van der Waals surface area contributed by atoms with E-state index in [0.29, 0.717) is 10.2 Å². The van der Waals surface area contributed by atoms with Crippen molar-refractivity contribution in [3.05, 3.63) is 46.9 Å². The summed E-state index contributed by atoms with van der Waals surface area (Å²) in [5.41, 5.74) is 7.77. The number of pyridine rings is 1. The van der Waals surface area contributed by atoms with Crippen LogP contribution in [0.5, 0.6) is 0 Å². The minimum absolute atomic E-state index is 0.298. The zero-order chi connectivity index (χ0) is 11.5. The van der Waals surface area contributed by atoms with E-state index in [1.807, 2.05) is 0 Å². The van der Waals surface area contributed by atoms with Crippen LogP contribution >= 0.6 is 15.9 Å². The maximum Gasteiger partial charge on any atom is 0.137 e. The molecule has 0 fully saturated rings. The van der Waals surface area contributed by atoms with Crippen LogP contribution in [0.15, 0.2) is 41.1 Å². The first-order chi connectivity index (χ1) is 7.66. The van der Waals surface area contributed by atoms with Crippen LogP contribution in [-0.2, 0) is 0 Å². The monoisotopic (exact) mass is 281 g/mol. The van der Waals surface area contributed by atoms with Gasteiger partial charge in [0.1, 0.15) is 5.82 Å². The summed E-state index contributed by atoms with van der Waals surface area (Å²) in [5.74, 6) is -0.298. The second-order valence-corrected chi connectivity index (χ2v) is 4.07.